The molecule has 0 fully saturated rings. The summed E-state index contributed by atoms with van der Waals surface area (Å²) in [5, 5.41) is 14.1. The van der Waals surface area contributed by atoms with E-state index in [0.29, 0.717) is 17.9 Å². The van der Waals surface area contributed by atoms with Crippen LogP contribution in [0.3, 0.4) is 0 Å². The maximum atomic E-state index is 13.3. The molecule has 0 saturated heterocycles. The highest BCUT2D eigenvalue weighted by Gasteiger charge is 2.45. The van der Waals surface area contributed by atoms with Gasteiger partial charge in [0.15, 0.2) is 5.82 Å². The van der Waals surface area contributed by atoms with Gasteiger partial charge in [-0.1, -0.05) is 6.92 Å². The van der Waals surface area contributed by atoms with Gasteiger partial charge in [0.25, 0.3) is 0 Å². The van der Waals surface area contributed by atoms with E-state index in [0.717, 1.165) is 5.69 Å². The summed E-state index contributed by atoms with van der Waals surface area (Å²) in [6.07, 6.45) is 2.18. The predicted molar refractivity (Wildman–Crippen MR) is 72.3 cm³/mol. The van der Waals surface area contributed by atoms with Gasteiger partial charge in [-0.15, -0.1) is 10.2 Å². The minimum Gasteiger partial charge on any atom is -0.357 e. The van der Waals surface area contributed by atoms with Crippen LogP contribution in [0.25, 0.3) is 0 Å². The molecule has 0 saturated carbocycles. The molecule has 104 valence electrons. The van der Waals surface area contributed by atoms with Crippen molar-refractivity contribution < 1.29 is 9.18 Å². The van der Waals surface area contributed by atoms with Gasteiger partial charge in [-0.25, -0.2) is 4.39 Å². The molecule has 1 unspecified atom stereocenters. The average molecular weight is 275 g/mol. The van der Waals surface area contributed by atoms with Gasteiger partial charge in [-0.2, -0.15) is 0 Å². The molecule has 3 rings (SSSR count). The first kappa shape index (κ1) is 12.6. The Kier molecular flexibility index (Phi) is 2.70. The summed E-state index contributed by atoms with van der Waals surface area (Å²) in [4.78, 5) is 13.3. The largest absolute Gasteiger partial charge is 0.357 e. The van der Waals surface area contributed by atoms with Gasteiger partial charge in [0, 0.05) is 19.5 Å². The highest BCUT2D eigenvalue weighted by molar-refractivity contribution is 5.80. The Morgan fingerprint density at radius 1 is 1.55 bits per heavy atom. The van der Waals surface area contributed by atoms with Gasteiger partial charge in [0.2, 0.25) is 11.7 Å². The van der Waals surface area contributed by atoms with Crippen molar-refractivity contribution in [3.05, 3.63) is 36.0 Å². The molecule has 1 amide bonds. The third-order valence-electron chi connectivity index (χ3n) is 3.34. The molecule has 2 aliphatic rings. The lowest BCUT2D eigenvalue weighted by atomic mass is 10.1. The van der Waals surface area contributed by atoms with Crippen LogP contribution in [0, 0.1) is 5.82 Å². The smallest absolute Gasteiger partial charge is 0.234 e. The number of nitrogens with zero attached hydrogens (tertiary/aromatic N) is 3. The molecule has 0 bridgehead atoms. The van der Waals surface area contributed by atoms with E-state index < -0.39 is 5.79 Å². The lowest BCUT2D eigenvalue weighted by molar-refractivity contribution is -0.120. The second kappa shape index (κ2) is 4.29. The van der Waals surface area contributed by atoms with Crippen LogP contribution >= 0.6 is 0 Å². The molecule has 6 nitrogen and oxygen atoms in total. The van der Waals surface area contributed by atoms with Crippen LogP contribution in [0.1, 0.15) is 20.3 Å². The molecule has 0 radical (unpaired) electrons. The zero-order chi connectivity index (χ0) is 14.3. The molecule has 7 heteroatoms. The number of anilines is 2. The molecule has 20 heavy (non-hydrogen) atoms. The van der Waals surface area contributed by atoms with Gasteiger partial charge in [-0.05, 0) is 18.2 Å². The quantitative estimate of drug-likeness (QED) is 0.871. The number of fused-ring (bicyclic) bond motifs is 3. The summed E-state index contributed by atoms with van der Waals surface area (Å²) in [5.41, 5.74) is 1.34. The fraction of sp³-hybridized carbons (Fsp3) is 0.308. The lowest BCUT2D eigenvalue weighted by Gasteiger charge is -2.38. The van der Waals surface area contributed by atoms with E-state index in [-0.39, 0.29) is 11.7 Å². The molecular weight excluding hydrogens is 261 g/mol. The first-order valence-electron chi connectivity index (χ1n) is 6.34. The highest BCUT2D eigenvalue weighted by atomic mass is 19.1. The van der Waals surface area contributed by atoms with Gasteiger partial charge in [0.1, 0.15) is 5.82 Å². The van der Waals surface area contributed by atoms with Crippen molar-refractivity contribution in [2.75, 3.05) is 10.2 Å². The van der Waals surface area contributed by atoms with Crippen LogP contribution in [-0.2, 0) is 4.79 Å². The fourth-order valence-corrected chi connectivity index (χ4v) is 2.47. The van der Waals surface area contributed by atoms with Crippen LogP contribution in [-0.4, -0.2) is 11.7 Å². The van der Waals surface area contributed by atoms with Gasteiger partial charge < -0.3 is 10.6 Å². The van der Waals surface area contributed by atoms with Crippen LogP contribution in [0.5, 0.6) is 0 Å². The maximum Gasteiger partial charge on any atom is 0.234 e. The number of carbonyl (C=O) groups excluding carboxylic acids is 1. The first-order chi connectivity index (χ1) is 9.55. The summed E-state index contributed by atoms with van der Waals surface area (Å²) >= 11 is 0. The number of nitrogens with one attached hydrogen (secondary N) is 2. The number of benzene rings is 1. The Morgan fingerprint density at radius 3 is 3.05 bits per heavy atom. The van der Waals surface area contributed by atoms with Crippen molar-refractivity contribution in [3.63, 3.8) is 0 Å². The number of halogens is 1. The molecule has 2 heterocycles. The Labute approximate surface area is 115 Å². The van der Waals surface area contributed by atoms with Crippen LogP contribution < -0.4 is 15.5 Å². The molecule has 0 aliphatic carbocycles. The number of hydrogen-bond acceptors (Lipinski definition) is 5. The molecule has 0 spiro atoms. The average Bonchev–Trinajstić information content (AvgIpc) is 2.77. The molecule has 2 N–H and O–H groups in total. The third kappa shape index (κ3) is 1.74. The molecule has 1 atom stereocenters. The number of azo groups is 1. The van der Waals surface area contributed by atoms with Gasteiger partial charge in [0.05, 0.1) is 11.4 Å². The van der Waals surface area contributed by atoms with E-state index >= 15 is 0 Å². The first-order valence-corrected chi connectivity index (χ1v) is 6.34. The second-order valence-corrected chi connectivity index (χ2v) is 4.70. The zero-order valence-electron chi connectivity index (χ0n) is 11.1. The third-order valence-corrected chi connectivity index (χ3v) is 3.34. The minimum atomic E-state index is -0.952. The topological polar surface area (TPSA) is 69.1 Å². The number of hydrogen-bond donors (Lipinski definition) is 2. The van der Waals surface area contributed by atoms with Crippen LogP contribution in [0.2, 0.25) is 0 Å². The summed E-state index contributed by atoms with van der Waals surface area (Å²) in [6.45, 7) is 3.34. The number of carbonyl (C=O) groups is 1. The van der Waals surface area contributed by atoms with Crippen molar-refractivity contribution in [2.45, 2.75) is 26.1 Å². The normalized spacial score (nSPS) is 22.8. The van der Waals surface area contributed by atoms with Crippen LogP contribution in [0.4, 0.5) is 15.8 Å². The Bertz CT molecular complexity index is 642. The van der Waals surface area contributed by atoms with Gasteiger partial charge in [-0.3, -0.25) is 9.69 Å². The van der Waals surface area contributed by atoms with Crippen molar-refractivity contribution in [1.82, 2.24) is 5.32 Å². The summed E-state index contributed by atoms with van der Waals surface area (Å²) in [7, 11) is 0. The van der Waals surface area contributed by atoms with Gasteiger partial charge >= 0.3 is 0 Å². The molecule has 1 aromatic carbocycles. The summed E-state index contributed by atoms with van der Waals surface area (Å²) in [5.74, 6) is -0.899. The monoisotopic (exact) mass is 275 g/mol. The molecule has 2 aliphatic heterocycles. The Balaban J connectivity index is 2.10. The minimum absolute atomic E-state index is 0.200. The Morgan fingerprint density at radius 2 is 2.35 bits per heavy atom. The SMILES string of the molecule is CCC1(NC(C)=O)N=NC2=CNc3cc(F)ccc3N21. The van der Waals surface area contributed by atoms with Crippen molar-refractivity contribution in [1.29, 1.82) is 0 Å². The zero-order valence-corrected chi connectivity index (χ0v) is 11.1. The molecule has 1 aromatic rings. The molecule has 0 aromatic heterocycles. The Hall–Kier alpha value is -2.44. The van der Waals surface area contributed by atoms with E-state index in [9.17, 15) is 9.18 Å². The van der Waals surface area contributed by atoms with E-state index in [2.05, 4.69) is 20.9 Å². The maximum absolute atomic E-state index is 13.3. The summed E-state index contributed by atoms with van der Waals surface area (Å²) in [6, 6.07) is 4.42. The van der Waals surface area contributed by atoms with Crippen LogP contribution in [0.15, 0.2) is 40.4 Å². The van der Waals surface area contributed by atoms with Crippen molar-refractivity contribution in [3.8, 4) is 0 Å². The van der Waals surface area contributed by atoms with E-state index in [1.165, 1.54) is 19.1 Å². The standard InChI is InChI=1S/C13H14FN5O/c1-3-13(16-8(2)20)18-17-12-7-15-10-6-9(14)4-5-11(10)19(12)13/h4-7,15H,3H2,1-2H3,(H,16,20). The van der Waals surface area contributed by atoms with E-state index in [1.54, 1.807) is 17.2 Å². The predicted octanol–water partition coefficient (Wildman–Crippen LogP) is 2.52. The van der Waals surface area contributed by atoms with E-state index in [4.69, 9.17) is 0 Å². The molecular formula is C13H14FN5O. The highest BCUT2D eigenvalue weighted by Crippen LogP contribution is 2.43. The number of rotatable bonds is 2. The second-order valence-electron chi connectivity index (χ2n) is 4.70. The lowest BCUT2D eigenvalue weighted by Crippen LogP contribution is -2.56. The summed E-state index contributed by atoms with van der Waals surface area (Å²) < 4.78 is 13.3. The number of amides is 1. The van der Waals surface area contributed by atoms with E-state index in [1.807, 2.05) is 6.92 Å². The fourth-order valence-electron chi connectivity index (χ4n) is 2.47. The van der Waals surface area contributed by atoms with Crippen molar-refractivity contribution >= 4 is 17.3 Å². The van der Waals surface area contributed by atoms with Crippen molar-refractivity contribution in [2.24, 2.45) is 10.2 Å².